The highest BCUT2D eigenvalue weighted by molar-refractivity contribution is 6.23. The molecule has 5 aliphatic rings. The fourth-order valence-corrected chi connectivity index (χ4v) is 8.59. The third kappa shape index (κ3) is 6.13. The second kappa shape index (κ2) is 13.5. The molecule has 3 saturated heterocycles. The quantitative estimate of drug-likeness (QED) is 0.211. The molecule has 10 rings (SSSR count). The molecule has 0 radical (unpaired) electrons. The Bertz CT molecular complexity index is 2450. The van der Waals surface area contributed by atoms with E-state index in [-0.39, 0.29) is 30.4 Å². The van der Waals surface area contributed by atoms with Gasteiger partial charge in [-0.1, -0.05) is 0 Å². The topological polar surface area (TPSA) is 176 Å². The van der Waals surface area contributed by atoms with E-state index in [4.69, 9.17) is 9.84 Å². The summed E-state index contributed by atoms with van der Waals surface area (Å²) in [7, 11) is 0. The van der Waals surface area contributed by atoms with Crippen molar-refractivity contribution in [2.45, 2.75) is 63.1 Å². The molecule has 1 unspecified atom stereocenters. The van der Waals surface area contributed by atoms with Crippen LogP contribution in [0, 0.1) is 5.92 Å². The Hall–Kier alpha value is -6.16. The summed E-state index contributed by atoms with van der Waals surface area (Å²) in [5.74, 6) is -1.17. The lowest BCUT2D eigenvalue weighted by Gasteiger charge is -2.36. The number of amides is 5. The molecule has 4 aliphatic heterocycles. The number of imide groups is 2. The van der Waals surface area contributed by atoms with E-state index in [9.17, 15) is 24.0 Å². The van der Waals surface area contributed by atoms with Crippen LogP contribution in [0.5, 0.6) is 5.75 Å². The average Bonchev–Trinajstić information content (AvgIpc) is 3.49. The van der Waals surface area contributed by atoms with Crippen molar-refractivity contribution in [2.75, 3.05) is 43.0 Å². The first-order chi connectivity index (χ1) is 27.3. The van der Waals surface area contributed by atoms with E-state index in [0.29, 0.717) is 46.8 Å². The maximum Gasteiger partial charge on any atom is 0.262 e. The molecule has 2 N–H and O–H groups in total. The highest BCUT2D eigenvalue weighted by Crippen LogP contribution is 2.37. The Kier molecular flexibility index (Phi) is 8.31. The normalized spacial score (nSPS) is 22.0. The van der Waals surface area contributed by atoms with Crippen molar-refractivity contribution in [1.82, 2.24) is 39.5 Å². The van der Waals surface area contributed by atoms with Gasteiger partial charge in [0.15, 0.2) is 5.65 Å². The van der Waals surface area contributed by atoms with E-state index in [1.165, 1.54) is 6.20 Å². The number of piperidine rings is 2. The van der Waals surface area contributed by atoms with Crippen LogP contribution in [-0.4, -0.2) is 109 Å². The number of fused-ring (bicyclic) bond motifs is 3. The second-order valence-electron chi connectivity index (χ2n) is 15.5. The van der Waals surface area contributed by atoms with Crippen molar-refractivity contribution in [2.24, 2.45) is 5.92 Å². The summed E-state index contributed by atoms with van der Waals surface area (Å²) in [6.45, 7) is 4.06. The lowest BCUT2D eigenvalue weighted by atomic mass is 10.0. The molecule has 5 aromatic rings. The van der Waals surface area contributed by atoms with Crippen LogP contribution >= 0.6 is 0 Å². The predicted molar refractivity (Wildman–Crippen MR) is 202 cm³/mol. The Labute approximate surface area is 320 Å². The summed E-state index contributed by atoms with van der Waals surface area (Å²) in [5, 5.41) is 15.5. The lowest BCUT2D eigenvalue weighted by molar-refractivity contribution is -0.136. The van der Waals surface area contributed by atoms with E-state index in [2.05, 4.69) is 41.4 Å². The molecule has 2 atom stereocenters. The van der Waals surface area contributed by atoms with Crippen molar-refractivity contribution in [3.05, 3.63) is 77.9 Å². The maximum atomic E-state index is 13.4. The third-order valence-corrected chi connectivity index (χ3v) is 11.9. The third-order valence-electron chi connectivity index (χ3n) is 11.9. The van der Waals surface area contributed by atoms with Gasteiger partial charge in [-0.2, -0.15) is 10.2 Å². The zero-order valence-corrected chi connectivity index (χ0v) is 30.6. The second-order valence-corrected chi connectivity index (χ2v) is 15.5. The number of anilines is 2. The molecule has 4 fully saturated rings. The Balaban J connectivity index is 0.796. The van der Waals surface area contributed by atoms with E-state index < -0.39 is 29.7 Å². The number of carbonyl (C=O) groups excluding carboxylic acids is 5. The molecule has 5 amide bonds. The van der Waals surface area contributed by atoms with Gasteiger partial charge in [-0.25, -0.2) is 9.50 Å². The molecule has 2 aromatic carbocycles. The summed E-state index contributed by atoms with van der Waals surface area (Å²) in [4.78, 5) is 74.3. The van der Waals surface area contributed by atoms with E-state index in [1.54, 1.807) is 35.1 Å². The fraction of sp³-hybridized carbons (Fsp3) is 0.400. The van der Waals surface area contributed by atoms with Gasteiger partial charge >= 0.3 is 0 Å². The van der Waals surface area contributed by atoms with Gasteiger partial charge in [0, 0.05) is 74.4 Å². The standard InChI is InChI=1S/C40H40N10O6/c51-35-7-6-33(38(53)44-35)50-39(54)28-5-4-26(17-29(28)40(50)55)47-15-10-27(21-47)46-13-8-25(9-14-46)49-20-24-16-32(34(18-31(24)45-49)56-22-23-2-3-23)43-37(52)30-19-42-48-12-1-11-41-36(30)48/h1,4-5,11-12,16-20,23,25,27,33H,2-3,6-10,13-15,21-22H2,(H,43,52)(H,44,51,53)/t27-,33?/m0/s1. The van der Waals surface area contributed by atoms with Gasteiger partial charge in [-0.15, -0.1) is 0 Å². The highest BCUT2D eigenvalue weighted by atomic mass is 16.5. The van der Waals surface area contributed by atoms with Gasteiger partial charge in [0.2, 0.25) is 11.8 Å². The van der Waals surface area contributed by atoms with Gasteiger partial charge in [-0.3, -0.25) is 43.8 Å². The minimum absolute atomic E-state index is 0.0865. The lowest BCUT2D eigenvalue weighted by Crippen LogP contribution is -2.54. The Morgan fingerprint density at radius 3 is 2.57 bits per heavy atom. The minimum Gasteiger partial charge on any atom is -0.491 e. The number of benzene rings is 2. The molecular weight excluding hydrogens is 717 g/mol. The Morgan fingerprint density at radius 2 is 1.75 bits per heavy atom. The SMILES string of the molecule is O=C1CCC(N2C(=O)c3ccc(N4CC[C@H](N5CCC(n6cc7cc(NC(=O)c8cnn9cccnc89)c(OCC8CC8)cc7n6)CC5)C4)cc3C2=O)C(=O)N1. The van der Waals surface area contributed by atoms with Crippen LogP contribution in [0.4, 0.5) is 11.4 Å². The van der Waals surface area contributed by atoms with Gasteiger partial charge < -0.3 is 15.0 Å². The van der Waals surface area contributed by atoms with Crippen molar-refractivity contribution in [1.29, 1.82) is 0 Å². The number of rotatable bonds is 9. The molecule has 56 heavy (non-hydrogen) atoms. The molecule has 16 heteroatoms. The molecule has 0 bridgehead atoms. The van der Waals surface area contributed by atoms with E-state index in [0.717, 1.165) is 79.8 Å². The number of likely N-dealkylation sites (tertiary alicyclic amines) is 1. The molecule has 0 spiro atoms. The van der Waals surface area contributed by atoms with Gasteiger partial charge in [0.1, 0.15) is 17.4 Å². The van der Waals surface area contributed by atoms with E-state index >= 15 is 0 Å². The number of nitrogens with zero attached hydrogens (tertiary/aromatic N) is 8. The van der Waals surface area contributed by atoms with Gasteiger partial charge in [-0.05, 0) is 74.8 Å². The smallest absolute Gasteiger partial charge is 0.262 e. The Morgan fingerprint density at radius 1 is 0.929 bits per heavy atom. The summed E-state index contributed by atoms with van der Waals surface area (Å²) >= 11 is 0. The van der Waals surface area contributed by atoms with Crippen LogP contribution in [0.25, 0.3) is 16.6 Å². The fourth-order valence-electron chi connectivity index (χ4n) is 8.59. The maximum absolute atomic E-state index is 13.4. The first kappa shape index (κ1) is 34.3. The largest absolute Gasteiger partial charge is 0.491 e. The molecule has 3 aromatic heterocycles. The summed E-state index contributed by atoms with van der Waals surface area (Å²) in [5.41, 5.74) is 3.73. The number of hydrogen-bond acceptors (Lipinski definition) is 11. The van der Waals surface area contributed by atoms with Crippen LogP contribution in [-0.2, 0) is 9.59 Å². The molecule has 16 nitrogen and oxygen atoms in total. The van der Waals surface area contributed by atoms with Crippen molar-refractivity contribution in [3.8, 4) is 5.75 Å². The van der Waals surface area contributed by atoms with Crippen molar-refractivity contribution in [3.63, 3.8) is 0 Å². The monoisotopic (exact) mass is 756 g/mol. The molecule has 1 aliphatic carbocycles. The number of nitrogens with one attached hydrogen (secondary N) is 2. The van der Waals surface area contributed by atoms with Crippen LogP contribution in [0.3, 0.4) is 0 Å². The van der Waals surface area contributed by atoms with Crippen LogP contribution in [0.2, 0.25) is 0 Å². The minimum atomic E-state index is -0.982. The molecule has 7 heterocycles. The van der Waals surface area contributed by atoms with Crippen molar-refractivity contribution < 1.29 is 28.7 Å². The van der Waals surface area contributed by atoms with E-state index in [1.807, 2.05) is 18.2 Å². The summed E-state index contributed by atoms with van der Waals surface area (Å²) in [6.07, 6.45) is 12.3. The zero-order valence-electron chi connectivity index (χ0n) is 30.6. The first-order valence-electron chi connectivity index (χ1n) is 19.4. The number of ether oxygens (including phenoxy) is 1. The predicted octanol–water partition coefficient (Wildman–Crippen LogP) is 3.44. The number of carbonyl (C=O) groups is 5. The zero-order chi connectivity index (χ0) is 38.1. The molecule has 1 saturated carbocycles. The van der Waals surface area contributed by atoms with Crippen LogP contribution in [0.1, 0.15) is 82.1 Å². The summed E-state index contributed by atoms with van der Waals surface area (Å²) in [6, 6.07) is 10.6. The number of aromatic nitrogens is 5. The summed E-state index contributed by atoms with van der Waals surface area (Å²) < 4.78 is 9.88. The molecular formula is C40H40N10O6. The number of hydrogen-bond donors (Lipinski definition) is 2. The first-order valence-corrected chi connectivity index (χ1v) is 19.4. The van der Waals surface area contributed by atoms with Crippen molar-refractivity contribution >= 4 is 57.5 Å². The van der Waals surface area contributed by atoms with Gasteiger partial charge in [0.25, 0.3) is 17.7 Å². The van der Waals surface area contributed by atoms with Crippen LogP contribution in [0.15, 0.2) is 61.2 Å². The average molecular weight is 757 g/mol. The van der Waals surface area contributed by atoms with Gasteiger partial charge in [0.05, 0.1) is 41.2 Å². The molecule has 286 valence electrons. The highest BCUT2D eigenvalue weighted by Gasteiger charge is 2.45. The van der Waals surface area contributed by atoms with Crippen LogP contribution < -0.4 is 20.3 Å².